The van der Waals surface area contributed by atoms with Crippen LogP contribution in [0.3, 0.4) is 0 Å². The Morgan fingerprint density at radius 1 is 1.24 bits per heavy atom. The maximum Gasteiger partial charge on any atom is 0.216 e. The molecular formula is C26H27N2O+. The van der Waals surface area contributed by atoms with Crippen molar-refractivity contribution >= 4 is 27.6 Å². The fourth-order valence-corrected chi connectivity index (χ4v) is 3.70. The molecule has 0 aliphatic heterocycles. The van der Waals surface area contributed by atoms with Gasteiger partial charge in [0.05, 0.1) is 13.5 Å². The first-order chi connectivity index (χ1) is 16.2. The molecule has 0 unspecified atom stereocenters. The normalized spacial score (nSPS) is 15.5. The summed E-state index contributed by atoms with van der Waals surface area (Å²) in [6, 6.07) is 8.84. The molecule has 0 aliphatic rings. The number of hydrogen-bond acceptors (Lipinski definition) is 1. The predicted octanol–water partition coefficient (Wildman–Crippen LogP) is 6.75. The molecule has 29 heavy (non-hydrogen) atoms. The summed E-state index contributed by atoms with van der Waals surface area (Å²) in [6.45, 7) is 11.7. The predicted molar refractivity (Wildman–Crippen MR) is 119 cm³/mol. The molecule has 0 amide bonds. The Balaban J connectivity index is 2.21. The van der Waals surface area contributed by atoms with Gasteiger partial charge in [-0.05, 0) is 49.3 Å². The van der Waals surface area contributed by atoms with Crippen molar-refractivity contribution in [3.63, 3.8) is 0 Å². The molecule has 0 saturated heterocycles. The molecule has 0 N–H and O–H groups in total. The Morgan fingerprint density at radius 2 is 2.03 bits per heavy atom. The molecule has 0 fully saturated rings. The number of fused-ring (bicyclic) bond motifs is 3. The van der Waals surface area contributed by atoms with Crippen LogP contribution in [0.4, 0.5) is 5.69 Å². The van der Waals surface area contributed by atoms with Crippen LogP contribution in [0.25, 0.3) is 38.0 Å². The first-order valence-corrected chi connectivity index (χ1v) is 9.59. The second-order valence-electron chi connectivity index (χ2n) is 7.70. The Hall–Kier alpha value is -3.12. The molecule has 0 spiro atoms. The summed E-state index contributed by atoms with van der Waals surface area (Å²) in [5.74, 6) is -0.553. The highest BCUT2D eigenvalue weighted by Gasteiger charge is 2.24. The van der Waals surface area contributed by atoms with Gasteiger partial charge in [0, 0.05) is 36.2 Å². The molecule has 0 radical (unpaired) electrons. The van der Waals surface area contributed by atoms with E-state index in [2.05, 4.69) is 4.85 Å². The summed E-state index contributed by atoms with van der Waals surface area (Å²) in [6.07, 6.45) is -2.05. The van der Waals surface area contributed by atoms with E-state index < -0.39 is 19.1 Å². The van der Waals surface area contributed by atoms with E-state index in [4.69, 9.17) is 19.2 Å². The van der Waals surface area contributed by atoms with Crippen molar-refractivity contribution in [3.05, 3.63) is 70.2 Å². The van der Waals surface area contributed by atoms with Gasteiger partial charge in [-0.25, -0.2) is 4.85 Å². The van der Waals surface area contributed by atoms with Crippen molar-refractivity contribution in [2.24, 2.45) is 13.0 Å². The fraction of sp³-hybridized carbons (Fsp3) is 0.308. The smallest absolute Gasteiger partial charge is 0.216 e. The second kappa shape index (κ2) is 7.04. The van der Waals surface area contributed by atoms with Crippen LogP contribution in [0, 0.1) is 33.2 Å². The van der Waals surface area contributed by atoms with Gasteiger partial charge in [-0.3, -0.25) is 0 Å². The van der Waals surface area contributed by atoms with Crippen LogP contribution in [-0.4, -0.2) is 0 Å². The van der Waals surface area contributed by atoms with Crippen LogP contribution < -0.4 is 4.57 Å². The van der Waals surface area contributed by atoms with Gasteiger partial charge in [0.25, 0.3) is 0 Å². The van der Waals surface area contributed by atoms with E-state index in [0.29, 0.717) is 33.8 Å². The first kappa shape index (κ1) is 13.2. The van der Waals surface area contributed by atoms with E-state index in [1.807, 2.05) is 19.1 Å². The zero-order chi connectivity index (χ0) is 26.0. The molecule has 146 valence electrons. The van der Waals surface area contributed by atoms with Gasteiger partial charge in [0.1, 0.15) is 18.2 Å². The molecule has 2 aromatic carbocycles. The van der Waals surface area contributed by atoms with Crippen molar-refractivity contribution in [1.82, 2.24) is 0 Å². The van der Waals surface area contributed by atoms with E-state index in [1.165, 1.54) is 0 Å². The van der Waals surface area contributed by atoms with Gasteiger partial charge in [-0.1, -0.05) is 32.0 Å². The highest BCUT2D eigenvalue weighted by Crippen LogP contribution is 2.38. The van der Waals surface area contributed by atoms with Crippen molar-refractivity contribution in [2.75, 3.05) is 0 Å². The summed E-state index contributed by atoms with van der Waals surface area (Å²) >= 11 is 0. The Kier molecular flexibility index (Phi) is 3.20. The lowest BCUT2D eigenvalue weighted by molar-refractivity contribution is -0.667. The minimum atomic E-state index is -2.59. The Bertz CT molecular complexity index is 1540. The molecular weight excluding hydrogens is 356 g/mol. The molecule has 3 heteroatoms. The highest BCUT2D eigenvalue weighted by molar-refractivity contribution is 6.10. The molecule has 0 saturated carbocycles. The molecule has 0 aliphatic carbocycles. The Labute approximate surface area is 180 Å². The minimum Gasteiger partial charge on any atom is -0.455 e. The average molecular weight is 390 g/mol. The maximum atomic E-state index is 9.17. The molecule has 4 aromatic rings. The van der Waals surface area contributed by atoms with Crippen molar-refractivity contribution < 1.29 is 17.2 Å². The van der Waals surface area contributed by atoms with Crippen LogP contribution in [0.15, 0.2) is 40.8 Å². The van der Waals surface area contributed by atoms with Gasteiger partial charge in [0.2, 0.25) is 5.69 Å². The quantitative estimate of drug-likeness (QED) is 0.280. The lowest BCUT2D eigenvalue weighted by atomic mass is 9.93. The van der Waals surface area contributed by atoms with E-state index in [0.717, 1.165) is 16.3 Å². The van der Waals surface area contributed by atoms with Crippen LogP contribution in [0.1, 0.15) is 44.5 Å². The SMILES string of the molecule is [2H]c1c(C([2H])([2H])C(C)C)c(C([2H])([2H])[2H])c(C)[n+](C)c1-c1c(C)ccc2c1oc1ccc([N+]#[C-])cc12. The molecule has 0 bridgehead atoms. The summed E-state index contributed by atoms with van der Waals surface area (Å²) in [4.78, 5) is 3.51. The van der Waals surface area contributed by atoms with Gasteiger partial charge < -0.3 is 4.42 Å². The lowest BCUT2D eigenvalue weighted by Crippen LogP contribution is -2.36. The molecule has 3 nitrogen and oxygen atoms in total. The number of aromatic nitrogens is 1. The monoisotopic (exact) mass is 389 g/mol. The first-order valence-electron chi connectivity index (χ1n) is 12.6. The number of benzene rings is 2. The van der Waals surface area contributed by atoms with Crippen molar-refractivity contribution in [2.45, 2.75) is 40.9 Å². The summed E-state index contributed by atoms with van der Waals surface area (Å²) in [5.41, 5.74) is 3.55. The van der Waals surface area contributed by atoms with Crippen LogP contribution in [0.5, 0.6) is 0 Å². The van der Waals surface area contributed by atoms with Gasteiger partial charge in [0.15, 0.2) is 11.4 Å². The topological polar surface area (TPSA) is 21.4 Å². The van der Waals surface area contributed by atoms with Gasteiger partial charge in [-0.2, -0.15) is 4.57 Å². The average Bonchev–Trinajstić information content (AvgIpc) is 3.14. The number of nitrogens with zero attached hydrogens (tertiary/aromatic N) is 2. The number of pyridine rings is 1. The minimum absolute atomic E-state index is 0.110. The summed E-state index contributed by atoms with van der Waals surface area (Å²) in [7, 11) is 1.70. The van der Waals surface area contributed by atoms with Gasteiger partial charge in [-0.15, -0.1) is 0 Å². The van der Waals surface area contributed by atoms with Crippen LogP contribution in [-0.2, 0) is 13.4 Å². The third-order valence-electron chi connectivity index (χ3n) is 5.32. The lowest BCUT2D eigenvalue weighted by Gasteiger charge is -2.14. The number of hydrogen-bond donors (Lipinski definition) is 0. The fourth-order valence-electron chi connectivity index (χ4n) is 3.70. The standard InChI is InChI=1S/C26H27N2O/c1-15(2)12-19-13-23(28(7)18(5)17(19)4)25-16(3)8-10-21-22-14-20(27-6)9-11-24(22)29-26(21)25/h8-11,13-15H,12H2,1-5,7H3/q+1/i4D3,12D2,13D. The van der Waals surface area contributed by atoms with E-state index in [1.54, 1.807) is 50.6 Å². The zero-order valence-electron chi connectivity index (χ0n) is 23.3. The maximum absolute atomic E-state index is 9.17. The van der Waals surface area contributed by atoms with Crippen LogP contribution in [0.2, 0.25) is 0 Å². The van der Waals surface area contributed by atoms with Crippen LogP contribution >= 0.6 is 0 Å². The molecule has 2 heterocycles. The third kappa shape index (κ3) is 3.09. The van der Waals surface area contributed by atoms with Gasteiger partial charge >= 0.3 is 0 Å². The van der Waals surface area contributed by atoms with E-state index in [-0.39, 0.29) is 17.2 Å². The van der Waals surface area contributed by atoms with E-state index >= 15 is 0 Å². The van der Waals surface area contributed by atoms with Crippen molar-refractivity contribution in [3.8, 4) is 11.3 Å². The molecule has 4 rings (SSSR count). The van der Waals surface area contributed by atoms with Crippen molar-refractivity contribution in [1.29, 1.82) is 0 Å². The number of furan rings is 1. The highest BCUT2D eigenvalue weighted by atomic mass is 16.3. The molecule has 2 aromatic heterocycles. The summed E-state index contributed by atoms with van der Waals surface area (Å²) < 4.78 is 59.1. The Morgan fingerprint density at radius 3 is 2.72 bits per heavy atom. The zero-order valence-corrected chi connectivity index (χ0v) is 17.3. The third-order valence-corrected chi connectivity index (χ3v) is 5.32. The summed E-state index contributed by atoms with van der Waals surface area (Å²) in [5, 5.41) is 1.55. The second-order valence-corrected chi connectivity index (χ2v) is 7.70. The number of rotatable bonds is 3. The molecule has 0 atom stereocenters. The number of aryl methyl sites for hydroxylation is 1. The van der Waals surface area contributed by atoms with E-state index in [9.17, 15) is 0 Å². The largest absolute Gasteiger partial charge is 0.455 e.